The first-order valence-electron chi connectivity index (χ1n) is 4.85. The molecule has 1 fully saturated rings. The van der Waals surface area contributed by atoms with E-state index in [4.69, 9.17) is 10.8 Å². The first-order chi connectivity index (χ1) is 6.79. The van der Waals surface area contributed by atoms with E-state index in [1.807, 2.05) is 17.0 Å². The standard InChI is InChI=1S/C10H14N4/c11-9-5-1-2-8-14(9)10(12)13-6-3-4-7-13/h1-2,5,8,11-12H,3-4,6-7H2. The minimum absolute atomic E-state index is 0.365. The molecule has 2 heterocycles. The third kappa shape index (κ3) is 1.55. The zero-order chi connectivity index (χ0) is 9.97. The summed E-state index contributed by atoms with van der Waals surface area (Å²) in [6.45, 7) is 1.89. The summed E-state index contributed by atoms with van der Waals surface area (Å²) in [7, 11) is 0. The highest BCUT2D eigenvalue weighted by atomic mass is 15.3. The van der Waals surface area contributed by atoms with Crippen LogP contribution in [0.3, 0.4) is 0 Å². The fourth-order valence-corrected chi connectivity index (χ4v) is 1.71. The fraction of sp³-hybridized carbons (Fsp3) is 0.400. The first kappa shape index (κ1) is 8.99. The molecule has 1 aliphatic heterocycles. The van der Waals surface area contributed by atoms with Gasteiger partial charge in [-0.1, -0.05) is 6.07 Å². The summed E-state index contributed by atoms with van der Waals surface area (Å²) in [5.74, 6) is 0.424. The van der Waals surface area contributed by atoms with E-state index in [1.165, 1.54) is 0 Å². The van der Waals surface area contributed by atoms with Crippen molar-refractivity contribution in [2.24, 2.45) is 0 Å². The van der Waals surface area contributed by atoms with Crippen molar-refractivity contribution in [3.63, 3.8) is 0 Å². The van der Waals surface area contributed by atoms with Gasteiger partial charge in [-0.2, -0.15) is 0 Å². The van der Waals surface area contributed by atoms with Crippen molar-refractivity contribution >= 4 is 5.96 Å². The predicted molar refractivity (Wildman–Crippen MR) is 54.2 cm³/mol. The van der Waals surface area contributed by atoms with E-state index in [-0.39, 0.29) is 0 Å². The number of nitrogens with zero attached hydrogens (tertiary/aromatic N) is 2. The second-order valence-corrected chi connectivity index (χ2v) is 3.47. The molecule has 0 radical (unpaired) electrons. The van der Waals surface area contributed by atoms with Crippen LogP contribution in [-0.4, -0.2) is 28.5 Å². The van der Waals surface area contributed by atoms with Crippen LogP contribution in [0.5, 0.6) is 0 Å². The highest BCUT2D eigenvalue weighted by Crippen LogP contribution is 2.07. The lowest BCUT2D eigenvalue weighted by Crippen LogP contribution is -2.38. The molecule has 14 heavy (non-hydrogen) atoms. The Labute approximate surface area is 82.8 Å². The average Bonchev–Trinajstić information content (AvgIpc) is 2.70. The third-order valence-electron chi connectivity index (χ3n) is 2.49. The van der Waals surface area contributed by atoms with Crippen molar-refractivity contribution in [1.82, 2.24) is 9.47 Å². The number of rotatable bonds is 0. The zero-order valence-corrected chi connectivity index (χ0v) is 8.03. The van der Waals surface area contributed by atoms with E-state index < -0.39 is 0 Å². The lowest BCUT2D eigenvalue weighted by Gasteiger charge is -2.19. The number of nitrogens with one attached hydrogen (secondary N) is 2. The van der Waals surface area contributed by atoms with E-state index in [1.54, 1.807) is 16.8 Å². The van der Waals surface area contributed by atoms with Gasteiger partial charge in [-0.25, -0.2) is 0 Å². The molecule has 0 aliphatic carbocycles. The van der Waals surface area contributed by atoms with Gasteiger partial charge in [0.15, 0.2) is 0 Å². The Balaban J connectivity index is 2.26. The molecule has 2 N–H and O–H groups in total. The van der Waals surface area contributed by atoms with Crippen molar-refractivity contribution in [3.05, 3.63) is 29.9 Å². The van der Waals surface area contributed by atoms with Crippen LogP contribution in [0.1, 0.15) is 12.8 Å². The molecule has 4 heteroatoms. The Morgan fingerprint density at radius 2 is 1.93 bits per heavy atom. The Morgan fingerprint density at radius 1 is 1.21 bits per heavy atom. The average molecular weight is 190 g/mol. The van der Waals surface area contributed by atoms with Gasteiger partial charge >= 0.3 is 0 Å². The lowest BCUT2D eigenvalue weighted by atomic mass is 10.4. The van der Waals surface area contributed by atoms with Gasteiger partial charge in [-0.05, 0) is 25.0 Å². The largest absolute Gasteiger partial charge is 0.342 e. The van der Waals surface area contributed by atoms with Gasteiger partial charge in [-0.15, -0.1) is 0 Å². The van der Waals surface area contributed by atoms with E-state index in [0.29, 0.717) is 11.4 Å². The Hall–Kier alpha value is -1.58. The van der Waals surface area contributed by atoms with Gasteiger partial charge in [0.05, 0.1) is 0 Å². The summed E-state index contributed by atoms with van der Waals surface area (Å²) >= 11 is 0. The molecule has 0 saturated carbocycles. The zero-order valence-electron chi connectivity index (χ0n) is 8.03. The number of aromatic nitrogens is 1. The van der Waals surface area contributed by atoms with Crippen LogP contribution < -0.4 is 5.49 Å². The highest BCUT2D eigenvalue weighted by Gasteiger charge is 2.15. The monoisotopic (exact) mass is 190 g/mol. The number of hydrogen-bond donors (Lipinski definition) is 2. The number of hydrogen-bond acceptors (Lipinski definition) is 2. The van der Waals surface area contributed by atoms with Gasteiger partial charge in [-0.3, -0.25) is 15.4 Å². The summed E-state index contributed by atoms with van der Waals surface area (Å²) in [4.78, 5) is 2.01. The normalized spacial score (nSPS) is 15.9. The Kier molecular flexibility index (Phi) is 2.35. The molecular formula is C10H14N4. The highest BCUT2D eigenvalue weighted by molar-refractivity contribution is 5.79. The van der Waals surface area contributed by atoms with Crippen LogP contribution in [0.2, 0.25) is 0 Å². The smallest absolute Gasteiger partial charge is 0.203 e. The van der Waals surface area contributed by atoms with E-state index in [0.717, 1.165) is 25.9 Å². The quantitative estimate of drug-likeness (QED) is 0.462. The third-order valence-corrected chi connectivity index (χ3v) is 2.49. The number of likely N-dealkylation sites (tertiary alicyclic amines) is 1. The molecule has 0 bridgehead atoms. The van der Waals surface area contributed by atoms with Crippen molar-refractivity contribution in [1.29, 1.82) is 10.8 Å². The molecule has 0 spiro atoms. The van der Waals surface area contributed by atoms with Gasteiger partial charge in [0.2, 0.25) is 5.96 Å². The van der Waals surface area contributed by atoms with Gasteiger partial charge < -0.3 is 4.90 Å². The summed E-state index contributed by atoms with van der Waals surface area (Å²) < 4.78 is 1.60. The van der Waals surface area contributed by atoms with Crippen LogP contribution >= 0.6 is 0 Å². The molecule has 0 amide bonds. The van der Waals surface area contributed by atoms with E-state index in [9.17, 15) is 0 Å². The predicted octanol–water partition coefficient (Wildman–Crippen LogP) is 0.846. The Bertz CT molecular complexity index is 387. The molecule has 1 aliphatic rings. The van der Waals surface area contributed by atoms with Crippen LogP contribution in [0, 0.1) is 10.8 Å². The molecular weight excluding hydrogens is 176 g/mol. The lowest BCUT2D eigenvalue weighted by molar-refractivity contribution is 0.493. The summed E-state index contributed by atoms with van der Waals surface area (Å²) in [6, 6.07) is 5.36. The minimum Gasteiger partial charge on any atom is -0.342 e. The van der Waals surface area contributed by atoms with Gasteiger partial charge in [0.1, 0.15) is 5.49 Å². The summed E-state index contributed by atoms with van der Waals surface area (Å²) in [5.41, 5.74) is 0.365. The summed E-state index contributed by atoms with van der Waals surface area (Å²) in [5, 5.41) is 15.6. The molecule has 74 valence electrons. The molecule has 1 aromatic heterocycles. The van der Waals surface area contributed by atoms with Gasteiger partial charge in [0, 0.05) is 19.3 Å². The molecule has 0 aromatic carbocycles. The van der Waals surface area contributed by atoms with Crippen molar-refractivity contribution < 1.29 is 0 Å². The Morgan fingerprint density at radius 3 is 2.57 bits per heavy atom. The van der Waals surface area contributed by atoms with Crippen LogP contribution in [0.25, 0.3) is 0 Å². The number of pyridine rings is 1. The van der Waals surface area contributed by atoms with Crippen molar-refractivity contribution in [3.8, 4) is 0 Å². The molecule has 4 nitrogen and oxygen atoms in total. The van der Waals surface area contributed by atoms with Crippen LogP contribution in [0.4, 0.5) is 0 Å². The maximum atomic E-state index is 7.94. The van der Waals surface area contributed by atoms with E-state index >= 15 is 0 Å². The SMILES string of the molecule is N=C(N1CCCC1)n1ccccc1=N. The molecule has 1 saturated heterocycles. The van der Waals surface area contributed by atoms with Gasteiger partial charge in [0.25, 0.3) is 0 Å². The summed E-state index contributed by atoms with van der Waals surface area (Å²) in [6.07, 6.45) is 4.08. The van der Waals surface area contributed by atoms with E-state index in [2.05, 4.69) is 0 Å². The van der Waals surface area contributed by atoms with Crippen molar-refractivity contribution in [2.75, 3.05) is 13.1 Å². The molecule has 1 aromatic rings. The fourth-order valence-electron chi connectivity index (χ4n) is 1.71. The second-order valence-electron chi connectivity index (χ2n) is 3.47. The minimum atomic E-state index is 0.365. The maximum absolute atomic E-state index is 7.94. The van der Waals surface area contributed by atoms with Crippen LogP contribution in [-0.2, 0) is 0 Å². The second kappa shape index (κ2) is 3.65. The first-order valence-corrected chi connectivity index (χ1v) is 4.85. The topological polar surface area (TPSA) is 55.9 Å². The molecule has 0 atom stereocenters. The van der Waals surface area contributed by atoms with Crippen LogP contribution in [0.15, 0.2) is 24.4 Å². The maximum Gasteiger partial charge on any atom is 0.203 e. The molecule has 0 unspecified atom stereocenters. The molecule has 2 rings (SSSR count). The van der Waals surface area contributed by atoms with Crippen molar-refractivity contribution in [2.45, 2.75) is 12.8 Å².